The van der Waals surface area contributed by atoms with E-state index in [-0.39, 0.29) is 11.9 Å². The molecular weight excluding hydrogens is 320 g/mol. The highest BCUT2D eigenvalue weighted by molar-refractivity contribution is 9.10. The minimum absolute atomic E-state index is 0.158. The van der Waals surface area contributed by atoms with Gasteiger partial charge in [0, 0.05) is 22.6 Å². The van der Waals surface area contributed by atoms with Gasteiger partial charge in [-0.2, -0.15) is 0 Å². The highest BCUT2D eigenvalue weighted by Gasteiger charge is 2.46. The van der Waals surface area contributed by atoms with Gasteiger partial charge in [0.1, 0.15) is 5.54 Å². The number of hydrogen-bond donors (Lipinski definition) is 2. The Labute approximate surface area is 128 Å². The third-order valence-electron chi connectivity index (χ3n) is 3.82. The predicted octanol–water partition coefficient (Wildman–Crippen LogP) is 2.79. The zero-order valence-corrected chi connectivity index (χ0v) is 13.5. The maximum absolute atomic E-state index is 12.5. The maximum Gasteiger partial charge on any atom is 0.332 e. The zero-order chi connectivity index (χ0) is 14.6. The van der Waals surface area contributed by atoms with E-state index >= 15 is 0 Å². The zero-order valence-electron chi connectivity index (χ0n) is 11.9. The van der Waals surface area contributed by atoms with Crippen LogP contribution in [0.3, 0.4) is 0 Å². The third-order valence-corrected chi connectivity index (χ3v) is 4.31. The fourth-order valence-electron chi connectivity index (χ4n) is 2.65. The number of nitrogens with one attached hydrogen (secondary N) is 2. The quantitative estimate of drug-likeness (QED) is 0.827. The Kier molecular flexibility index (Phi) is 5.05. The van der Waals surface area contributed by atoms with Gasteiger partial charge in [-0.3, -0.25) is 0 Å². The number of hydrogen-bond acceptors (Lipinski definition) is 4. The maximum atomic E-state index is 12.5. The summed E-state index contributed by atoms with van der Waals surface area (Å²) in [5, 5.41) is 6.75. The first-order chi connectivity index (χ1) is 9.58. The second kappa shape index (κ2) is 6.59. The Bertz CT molecular complexity index is 481. The first kappa shape index (κ1) is 15.3. The van der Waals surface area contributed by atoms with Crippen LogP contribution in [0.5, 0.6) is 0 Å². The number of piperidine rings is 1. The van der Waals surface area contributed by atoms with E-state index in [1.165, 1.54) is 0 Å². The molecule has 1 aliphatic rings. The molecule has 1 aromatic carbocycles. The molecule has 2 unspecified atom stereocenters. The molecule has 1 fully saturated rings. The van der Waals surface area contributed by atoms with Crippen LogP contribution in [-0.2, 0) is 9.53 Å². The molecule has 1 heterocycles. The minimum atomic E-state index is -0.651. The molecular formula is C15H21BrN2O2. The highest BCUT2D eigenvalue weighted by Crippen LogP contribution is 2.31. The van der Waals surface area contributed by atoms with Crippen molar-refractivity contribution in [3.8, 4) is 0 Å². The van der Waals surface area contributed by atoms with Gasteiger partial charge < -0.3 is 15.4 Å². The molecule has 1 aliphatic heterocycles. The number of ether oxygens (including phenoxy) is 1. The van der Waals surface area contributed by atoms with Crippen molar-refractivity contribution in [2.24, 2.45) is 5.92 Å². The Balaban J connectivity index is 2.28. The van der Waals surface area contributed by atoms with Crippen molar-refractivity contribution in [1.82, 2.24) is 5.32 Å². The van der Waals surface area contributed by atoms with E-state index in [2.05, 4.69) is 33.5 Å². The molecule has 0 aromatic heterocycles. The summed E-state index contributed by atoms with van der Waals surface area (Å²) in [5.41, 5.74) is 0.281. The number of carbonyl (C=O) groups excluding carboxylic acids is 1. The normalized spacial score (nSPS) is 26.1. The summed E-state index contributed by atoms with van der Waals surface area (Å²) in [6, 6.07) is 7.88. The van der Waals surface area contributed by atoms with E-state index in [0.717, 1.165) is 29.7 Å². The predicted molar refractivity (Wildman–Crippen MR) is 83.8 cm³/mol. The lowest BCUT2D eigenvalue weighted by Gasteiger charge is -2.41. The van der Waals surface area contributed by atoms with Crippen molar-refractivity contribution in [2.45, 2.75) is 25.8 Å². The minimum Gasteiger partial charge on any atom is -0.464 e. The SMILES string of the molecule is CCOC(=O)C1(Nc2cccc(Br)c2)CCNCC1C. The second-order valence-corrected chi connectivity index (χ2v) is 6.10. The molecule has 2 rings (SSSR count). The van der Waals surface area contributed by atoms with Crippen molar-refractivity contribution in [1.29, 1.82) is 0 Å². The molecule has 20 heavy (non-hydrogen) atoms. The molecule has 0 amide bonds. The van der Waals surface area contributed by atoms with E-state index in [1.54, 1.807) is 0 Å². The first-order valence-electron chi connectivity index (χ1n) is 7.00. The molecule has 1 saturated heterocycles. The molecule has 1 aromatic rings. The Morgan fingerprint density at radius 2 is 2.40 bits per heavy atom. The van der Waals surface area contributed by atoms with Gasteiger partial charge in [0.15, 0.2) is 0 Å². The van der Waals surface area contributed by atoms with E-state index in [0.29, 0.717) is 6.61 Å². The van der Waals surface area contributed by atoms with Crippen LogP contribution in [0.4, 0.5) is 5.69 Å². The van der Waals surface area contributed by atoms with Crippen LogP contribution in [0.2, 0.25) is 0 Å². The van der Waals surface area contributed by atoms with Crippen LogP contribution < -0.4 is 10.6 Å². The largest absolute Gasteiger partial charge is 0.464 e. The van der Waals surface area contributed by atoms with Gasteiger partial charge in [-0.05, 0) is 38.1 Å². The molecule has 0 radical (unpaired) electrons. The number of anilines is 1. The van der Waals surface area contributed by atoms with Crippen LogP contribution in [0, 0.1) is 5.92 Å². The van der Waals surface area contributed by atoms with Gasteiger partial charge in [-0.1, -0.05) is 28.9 Å². The number of halogens is 1. The van der Waals surface area contributed by atoms with Crippen molar-refractivity contribution < 1.29 is 9.53 Å². The van der Waals surface area contributed by atoms with Crippen LogP contribution in [0.25, 0.3) is 0 Å². The molecule has 0 saturated carbocycles. The van der Waals surface area contributed by atoms with Crippen molar-refractivity contribution in [2.75, 3.05) is 25.0 Å². The van der Waals surface area contributed by atoms with Gasteiger partial charge in [0.2, 0.25) is 0 Å². The summed E-state index contributed by atoms with van der Waals surface area (Å²) in [5.74, 6) is 0.00302. The molecule has 110 valence electrons. The van der Waals surface area contributed by atoms with E-state index in [9.17, 15) is 4.79 Å². The summed E-state index contributed by atoms with van der Waals surface area (Å²) < 4.78 is 6.31. The van der Waals surface area contributed by atoms with Crippen LogP contribution in [0.15, 0.2) is 28.7 Å². The standard InChI is InChI=1S/C15H21BrN2O2/c1-3-20-14(19)15(7-8-17-10-11(15)2)18-13-6-4-5-12(16)9-13/h4-6,9,11,17-18H,3,7-8,10H2,1-2H3. The summed E-state index contributed by atoms with van der Waals surface area (Å²) in [4.78, 5) is 12.5. The van der Waals surface area contributed by atoms with Gasteiger partial charge >= 0.3 is 5.97 Å². The van der Waals surface area contributed by atoms with Crippen LogP contribution in [0.1, 0.15) is 20.3 Å². The molecule has 4 nitrogen and oxygen atoms in total. The molecule has 0 aliphatic carbocycles. The number of rotatable bonds is 4. The number of esters is 1. The van der Waals surface area contributed by atoms with E-state index in [1.807, 2.05) is 31.2 Å². The molecule has 2 atom stereocenters. The summed E-state index contributed by atoms with van der Waals surface area (Å²) >= 11 is 3.46. The molecule has 0 bridgehead atoms. The average molecular weight is 341 g/mol. The lowest BCUT2D eigenvalue weighted by molar-refractivity contribution is -0.151. The Hall–Kier alpha value is -1.07. The Morgan fingerprint density at radius 3 is 3.05 bits per heavy atom. The fraction of sp³-hybridized carbons (Fsp3) is 0.533. The highest BCUT2D eigenvalue weighted by atomic mass is 79.9. The van der Waals surface area contributed by atoms with Gasteiger partial charge in [0.25, 0.3) is 0 Å². The van der Waals surface area contributed by atoms with Gasteiger partial charge in [-0.15, -0.1) is 0 Å². The number of carbonyl (C=O) groups is 1. The van der Waals surface area contributed by atoms with Gasteiger partial charge in [0.05, 0.1) is 6.61 Å². The summed E-state index contributed by atoms with van der Waals surface area (Å²) in [7, 11) is 0. The lowest BCUT2D eigenvalue weighted by Crippen LogP contribution is -2.59. The van der Waals surface area contributed by atoms with Crippen molar-refractivity contribution in [3.05, 3.63) is 28.7 Å². The van der Waals surface area contributed by atoms with Crippen molar-refractivity contribution in [3.63, 3.8) is 0 Å². The van der Waals surface area contributed by atoms with Gasteiger partial charge in [-0.25, -0.2) is 4.79 Å². The first-order valence-corrected chi connectivity index (χ1v) is 7.79. The number of benzene rings is 1. The monoisotopic (exact) mass is 340 g/mol. The summed E-state index contributed by atoms with van der Waals surface area (Å²) in [6.07, 6.45) is 0.722. The fourth-order valence-corrected chi connectivity index (χ4v) is 3.05. The molecule has 5 heteroatoms. The lowest BCUT2D eigenvalue weighted by atomic mass is 9.79. The topological polar surface area (TPSA) is 50.4 Å². The van der Waals surface area contributed by atoms with Crippen LogP contribution in [-0.4, -0.2) is 31.2 Å². The van der Waals surface area contributed by atoms with Crippen molar-refractivity contribution >= 4 is 27.6 Å². The molecule has 0 spiro atoms. The Morgan fingerprint density at radius 1 is 1.60 bits per heavy atom. The second-order valence-electron chi connectivity index (χ2n) is 5.18. The average Bonchev–Trinajstić information content (AvgIpc) is 2.42. The summed E-state index contributed by atoms with van der Waals surface area (Å²) in [6.45, 7) is 5.94. The smallest absolute Gasteiger partial charge is 0.332 e. The van der Waals surface area contributed by atoms with E-state index in [4.69, 9.17) is 4.74 Å². The van der Waals surface area contributed by atoms with Crippen LogP contribution >= 0.6 is 15.9 Å². The third kappa shape index (κ3) is 3.15. The molecule has 2 N–H and O–H groups in total. The van der Waals surface area contributed by atoms with E-state index < -0.39 is 5.54 Å².